The van der Waals surface area contributed by atoms with E-state index >= 15 is 0 Å². The number of carbonyl (C=O) groups is 2. The van der Waals surface area contributed by atoms with Gasteiger partial charge in [0.05, 0.1) is 24.0 Å². The van der Waals surface area contributed by atoms with Gasteiger partial charge in [-0.05, 0) is 12.8 Å². The molecule has 4 atom stereocenters. The minimum absolute atomic E-state index is 0.131. The smallest absolute Gasteiger partial charge is 0.309 e. The van der Waals surface area contributed by atoms with E-state index in [4.69, 9.17) is 9.84 Å². The zero-order chi connectivity index (χ0) is 8.72. The first kappa shape index (κ1) is 7.73. The van der Waals surface area contributed by atoms with Crippen molar-refractivity contribution in [1.29, 1.82) is 0 Å². The van der Waals surface area contributed by atoms with Gasteiger partial charge in [-0.2, -0.15) is 0 Å². The van der Waals surface area contributed by atoms with Crippen LogP contribution in [0.1, 0.15) is 12.8 Å². The number of hydrogen-bond acceptors (Lipinski definition) is 3. The van der Waals surface area contributed by atoms with Crippen molar-refractivity contribution in [2.45, 2.75) is 25.0 Å². The van der Waals surface area contributed by atoms with Gasteiger partial charge in [-0.3, -0.25) is 4.79 Å². The lowest BCUT2D eigenvalue weighted by atomic mass is 9.80. The van der Waals surface area contributed by atoms with Gasteiger partial charge in [0.25, 0.3) is 0 Å². The number of fused-ring (bicyclic) bond motifs is 2. The molecule has 0 aromatic heterocycles. The van der Waals surface area contributed by atoms with Gasteiger partial charge in [0, 0.05) is 0 Å². The Labute approximate surface area is 69.5 Å². The zero-order valence-corrected chi connectivity index (χ0v) is 6.47. The minimum atomic E-state index is -0.903. The number of aldehydes is 1. The molecule has 0 aromatic carbocycles. The predicted molar refractivity (Wildman–Crippen MR) is 38.6 cm³/mol. The van der Waals surface area contributed by atoms with Crippen LogP contribution in [0, 0.1) is 11.8 Å². The Morgan fingerprint density at radius 1 is 1.42 bits per heavy atom. The topological polar surface area (TPSA) is 63.6 Å². The van der Waals surface area contributed by atoms with E-state index in [9.17, 15) is 9.59 Å². The first-order chi connectivity index (χ1) is 5.74. The van der Waals surface area contributed by atoms with E-state index in [1.165, 1.54) is 0 Å². The van der Waals surface area contributed by atoms with Crippen LogP contribution in [0.25, 0.3) is 0 Å². The summed E-state index contributed by atoms with van der Waals surface area (Å²) in [7, 11) is 0. The van der Waals surface area contributed by atoms with E-state index in [0.29, 0.717) is 0 Å². The number of carbonyl (C=O) groups excluding carboxylic acids is 1. The van der Waals surface area contributed by atoms with E-state index in [1.807, 2.05) is 0 Å². The third kappa shape index (κ3) is 0.876. The van der Waals surface area contributed by atoms with Crippen LogP contribution in [-0.4, -0.2) is 29.6 Å². The first-order valence-electron chi connectivity index (χ1n) is 4.07. The third-order valence-corrected chi connectivity index (χ3v) is 2.77. The molecule has 4 heteroatoms. The molecule has 0 aromatic rings. The average molecular weight is 170 g/mol. The standard InChI is InChI=1S/C8H10O4/c9-3-4-5-1-2-6(12-5)7(4)8(10)11/h3-7H,1-2H2,(H,10,11)/t4?,5-,6?,7?/m0/s1. The normalized spacial score (nSPS) is 44.7. The fourth-order valence-electron chi connectivity index (χ4n) is 2.21. The summed E-state index contributed by atoms with van der Waals surface area (Å²) in [5, 5.41) is 8.80. The molecule has 3 unspecified atom stereocenters. The Kier molecular flexibility index (Phi) is 1.65. The molecule has 2 rings (SSSR count). The molecule has 2 fully saturated rings. The maximum atomic E-state index is 10.7. The largest absolute Gasteiger partial charge is 0.481 e. The summed E-state index contributed by atoms with van der Waals surface area (Å²) in [5.41, 5.74) is 0. The SMILES string of the molecule is O=CC1C(C(=O)O)C2CC[C@@H]1O2. The van der Waals surface area contributed by atoms with E-state index in [1.54, 1.807) is 0 Å². The quantitative estimate of drug-likeness (QED) is 0.595. The van der Waals surface area contributed by atoms with Crippen molar-refractivity contribution in [2.75, 3.05) is 0 Å². The van der Waals surface area contributed by atoms with Crippen molar-refractivity contribution in [3.63, 3.8) is 0 Å². The van der Waals surface area contributed by atoms with Gasteiger partial charge in [-0.1, -0.05) is 0 Å². The lowest BCUT2D eigenvalue weighted by Gasteiger charge is -2.19. The molecule has 66 valence electrons. The second-order valence-corrected chi connectivity index (χ2v) is 3.37. The molecule has 2 aliphatic rings. The highest BCUT2D eigenvalue weighted by molar-refractivity contribution is 5.77. The molecule has 2 heterocycles. The molecule has 0 spiro atoms. The maximum Gasteiger partial charge on any atom is 0.309 e. The van der Waals surface area contributed by atoms with Crippen LogP contribution in [0.2, 0.25) is 0 Å². The Morgan fingerprint density at radius 2 is 2.08 bits per heavy atom. The summed E-state index contributed by atoms with van der Waals surface area (Å²) in [6.07, 6.45) is 1.99. The molecule has 1 N–H and O–H groups in total. The molecule has 2 aliphatic heterocycles. The van der Waals surface area contributed by atoms with Crippen LogP contribution in [0.15, 0.2) is 0 Å². The summed E-state index contributed by atoms with van der Waals surface area (Å²) >= 11 is 0. The summed E-state index contributed by atoms with van der Waals surface area (Å²) < 4.78 is 5.34. The fourth-order valence-corrected chi connectivity index (χ4v) is 2.21. The fraction of sp³-hybridized carbons (Fsp3) is 0.750. The Morgan fingerprint density at radius 3 is 2.58 bits per heavy atom. The van der Waals surface area contributed by atoms with Crippen LogP contribution in [0.3, 0.4) is 0 Å². The molecule has 2 bridgehead atoms. The zero-order valence-electron chi connectivity index (χ0n) is 6.47. The minimum Gasteiger partial charge on any atom is -0.481 e. The second-order valence-electron chi connectivity index (χ2n) is 3.37. The molecule has 4 nitrogen and oxygen atoms in total. The van der Waals surface area contributed by atoms with E-state index < -0.39 is 17.8 Å². The van der Waals surface area contributed by atoms with Gasteiger partial charge < -0.3 is 14.6 Å². The van der Waals surface area contributed by atoms with E-state index in [0.717, 1.165) is 19.1 Å². The predicted octanol–water partition coefficient (Wildman–Crippen LogP) is 0.0635. The molecular weight excluding hydrogens is 160 g/mol. The van der Waals surface area contributed by atoms with Gasteiger partial charge in [0.1, 0.15) is 6.29 Å². The van der Waals surface area contributed by atoms with Crippen molar-refractivity contribution in [2.24, 2.45) is 11.8 Å². The van der Waals surface area contributed by atoms with Gasteiger partial charge in [0.15, 0.2) is 0 Å². The summed E-state index contributed by atoms with van der Waals surface area (Å²) in [6, 6.07) is 0. The molecule has 0 radical (unpaired) electrons. The summed E-state index contributed by atoms with van der Waals surface area (Å²) in [4.78, 5) is 21.3. The van der Waals surface area contributed by atoms with Crippen molar-refractivity contribution in [1.82, 2.24) is 0 Å². The van der Waals surface area contributed by atoms with Crippen molar-refractivity contribution in [3.8, 4) is 0 Å². The van der Waals surface area contributed by atoms with Crippen LogP contribution in [-0.2, 0) is 14.3 Å². The lowest BCUT2D eigenvalue weighted by Crippen LogP contribution is -2.34. The molecular formula is C8H10O4. The number of rotatable bonds is 2. The Balaban J connectivity index is 2.21. The highest BCUT2D eigenvalue weighted by atomic mass is 16.5. The maximum absolute atomic E-state index is 10.7. The molecule has 0 aliphatic carbocycles. The number of hydrogen-bond donors (Lipinski definition) is 1. The molecule has 0 saturated carbocycles. The summed E-state index contributed by atoms with van der Waals surface area (Å²) in [5.74, 6) is -1.92. The first-order valence-corrected chi connectivity index (χ1v) is 4.07. The third-order valence-electron chi connectivity index (χ3n) is 2.77. The number of carboxylic acids is 1. The van der Waals surface area contributed by atoms with Crippen molar-refractivity contribution in [3.05, 3.63) is 0 Å². The van der Waals surface area contributed by atoms with Crippen LogP contribution in [0.4, 0.5) is 0 Å². The molecule has 0 amide bonds. The van der Waals surface area contributed by atoms with Crippen molar-refractivity contribution < 1.29 is 19.4 Å². The van der Waals surface area contributed by atoms with Gasteiger partial charge in [-0.25, -0.2) is 0 Å². The van der Waals surface area contributed by atoms with Crippen LogP contribution < -0.4 is 0 Å². The number of carboxylic acid groups (broad SMARTS) is 1. The van der Waals surface area contributed by atoms with Crippen LogP contribution in [0.5, 0.6) is 0 Å². The van der Waals surface area contributed by atoms with Gasteiger partial charge in [0.2, 0.25) is 0 Å². The van der Waals surface area contributed by atoms with Crippen molar-refractivity contribution >= 4 is 12.3 Å². The van der Waals surface area contributed by atoms with Crippen LogP contribution >= 0.6 is 0 Å². The second kappa shape index (κ2) is 2.55. The molecule has 12 heavy (non-hydrogen) atoms. The van der Waals surface area contributed by atoms with E-state index in [-0.39, 0.29) is 12.2 Å². The van der Waals surface area contributed by atoms with Gasteiger partial charge in [-0.15, -0.1) is 0 Å². The average Bonchev–Trinajstić information content (AvgIpc) is 2.60. The Bertz CT molecular complexity index is 225. The highest BCUT2D eigenvalue weighted by Gasteiger charge is 2.52. The summed E-state index contributed by atoms with van der Waals surface area (Å²) in [6.45, 7) is 0. The number of aliphatic carboxylic acids is 1. The lowest BCUT2D eigenvalue weighted by molar-refractivity contribution is -0.145. The van der Waals surface area contributed by atoms with E-state index in [2.05, 4.69) is 0 Å². The molecule has 2 saturated heterocycles. The Hall–Kier alpha value is -0.900. The van der Waals surface area contributed by atoms with Gasteiger partial charge >= 0.3 is 5.97 Å². The highest BCUT2D eigenvalue weighted by Crippen LogP contribution is 2.42. The number of ether oxygens (including phenoxy) is 1. The monoisotopic (exact) mass is 170 g/mol.